The highest BCUT2D eigenvalue weighted by Crippen LogP contribution is 2.18. The van der Waals surface area contributed by atoms with Crippen molar-refractivity contribution in [3.63, 3.8) is 0 Å². The van der Waals surface area contributed by atoms with Crippen molar-refractivity contribution in [1.82, 2.24) is 5.32 Å². The molecule has 0 saturated carbocycles. The zero-order valence-electron chi connectivity index (χ0n) is 15.1. The fourth-order valence-electron chi connectivity index (χ4n) is 2.34. The SMILES string of the molecule is CC(=O)NC1=NC(SCc2cccc(C)c2)=NC(=O)C1=NC(=O)c1cccs1. The van der Waals surface area contributed by atoms with E-state index >= 15 is 0 Å². The fraction of sp³-hybridized carbons (Fsp3) is 0.158. The summed E-state index contributed by atoms with van der Waals surface area (Å²) < 4.78 is 0. The van der Waals surface area contributed by atoms with Crippen LogP contribution in [0, 0.1) is 6.92 Å². The number of nitrogens with zero attached hydrogens (tertiary/aromatic N) is 3. The van der Waals surface area contributed by atoms with E-state index in [9.17, 15) is 14.4 Å². The number of benzene rings is 1. The zero-order chi connectivity index (χ0) is 20.1. The minimum Gasteiger partial charge on any atom is -0.309 e. The van der Waals surface area contributed by atoms with Gasteiger partial charge < -0.3 is 5.32 Å². The van der Waals surface area contributed by atoms with Gasteiger partial charge in [-0.25, -0.2) is 4.99 Å². The Morgan fingerprint density at radius 1 is 1.21 bits per heavy atom. The van der Waals surface area contributed by atoms with Gasteiger partial charge in [-0.05, 0) is 23.9 Å². The van der Waals surface area contributed by atoms with Crippen LogP contribution in [0.3, 0.4) is 0 Å². The van der Waals surface area contributed by atoms with Crippen molar-refractivity contribution < 1.29 is 14.4 Å². The lowest BCUT2D eigenvalue weighted by atomic mass is 10.2. The molecular weight excluding hydrogens is 396 g/mol. The summed E-state index contributed by atoms with van der Waals surface area (Å²) in [5, 5.41) is 4.41. The van der Waals surface area contributed by atoms with E-state index in [0.29, 0.717) is 10.6 Å². The van der Waals surface area contributed by atoms with Gasteiger partial charge >= 0.3 is 5.91 Å². The molecule has 0 saturated heterocycles. The van der Waals surface area contributed by atoms with Crippen LogP contribution in [-0.4, -0.2) is 34.4 Å². The Balaban J connectivity index is 1.83. The fourth-order valence-corrected chi connectivity index (χ4v) is 3.73. The van der Waals surface area contributed by atoms with Gasteiger partial charge in [-0.1, -0.05) is 47.7 Å². The Morgan fingerprint density at radius 2 is 2.04 bits per heavy atom. The van der Waals surface area contributed by atoms with Gasteiger partial charge in [-0.15, -0.1) is 11.3 Å². The minimum absolute atomic E-state index is 0.0656. The summed E-state index contributed by atoms with van der Waals surface area (Å²) in [4.78, 5) is 48.5. The molecule has 0 atom stereocenters. The van der Waals surface area contributed by atoms with Crippen molar-refractivity contribution in [3.8, 4) is 0 Å². The number of hydrogen-bond donors (Lipinski definition) is 1. The van der Waals surface area contributed by atoms with Gasteiger partial charge in [0.05, 0.1) is 4.88 Å². The van der Waals surface area contributed by atoms with Gasteiger partial charge in [0, 0.05) is 12.7 Å². The van der Waals surface area contributed by atoms with Gasteiger partial charge in [-0.2, -0.15) is 9.98 Å². The predicted molar refractivity (Wildman–Crippen MR) is 112 cm³/mol. The summed E-state index contributed by atoms with van der Waals surface area (Å²) >= 11 is 2.47. The molecule has 28 heavy (non-hydrogen) atoms. The quantitative estimate of drug-likeness (QED) is 0.837. The van der Waals surface area contributed by atoms with Crippen LogP contribution in [0.15, 0.2) is 56.8 Å². The Kier molecular flexibility index (Phi) is 6.27. The first-order valence-corrected chi connectivity index (χ1v) is 10.1. The van der Waals surface area contributed by atoms with Crippen LogP contribution < -0.4 is 5.32 Å². The second-order valence-electron chi connectivity index (χ2n) is 5.86. The molecule has 3 rings (SSSR count). The lowest BCUT2D eigenvalue weighted by molar-refractivity contribution is -0.117. The van der Waals surface area contributed by atoms with Gasteiger partial charge in [0.1, 0.15) is 0 Å². The maximum Gasteiger partial charge on any atom is 0.302 e. The standard InChI is InChI=1S/C19H16N4O3S2/c1-11-5-3-6-13(9-11)10-28-19-22-16(20-12(2)24)15(18(26)23-19)21-17(25)14-7-4-8-27-14/h3-9H,10H2,1-2H3,(H,20,22,23,24,26). The maximum absolute atomic E-state index is 12.5. The van der Waals surface area contributed by atoms with Crippen LogP contribution in [0.2, 0.25) is 0 Å². The molecule has 7 nitrogen and oxygen atoms in total. The van der Waals surface area contributed by atoms with Crippen molar-refractivity contribution in [2.45, 2.75) is 19.6 Å². The zero-order valence-corrected chi connectivity index (χ0v) is 16.8. The molecule has 1 aliphatic heterocycles. The smallest absolute Gasteiger partial charge is 0.302 e. The molecule has 0 radical (unpaired) electrons. The number of thiophene rings is 1. The molecule has 3 amide bonds. The molecule has 0 aliphatic carbocycles. The second-order valence-corrected chi connectivity index (χ2v) is 7.75. The normalized spacial score (nSPS) is 15.2. The number of carbonyl (C=O) groups excluding carboxylic acids is 3. The Bertz CT molecular complexity index is 1020. The molecule has 1 aliphatic rings. The van der Waals surface area contributed by atoms with E-state index in [1.807, 2.05) is 31.2 Å². The third-order valence-corrected chi connectivity index (χ3v) is 5.30. The summed E-state index contributed by atoms with van der Waals surface area (Å²) in [6.07, 6.45) is 0. The summed E-state index contributed by atoms with van der Waals surface area (Å²) in [6.45, 7) is 3.28. The molecular formula is C19H16N4O3S2. The molecule has 142 valence electrons. The average molecular weight is 412 g/mol. The van der Waals surface area contributed by atoms with E-state index in [1.54, 1.807) is 17.5 Å². The lowest BCUT2D eigenvalue weighted by Crippen LogP contribution is -2.41. The second kappa shape index (κ2) is 8.85. The largest absolute Gasteiger partial charge is 0.309 e. The van der Waals surface area contributed by atoms with E-state index in [0.717, 1.165) is 11.1 Å². The third-order valence-electron chi connectivity index (χ3n) is 3.52. The van der Waals surface area contributed by atoms with E-state index in [4.69, 9.17) is 0 Å². The number of hydrogen-bond acceptors (Lipinski definition) is 6. The van der Waals surface area contributed by atoms with Crippen LogP contribution in [0.1, 0.15) is 27.7 Å². The lowest BCUT2D eigenvalue weighted by Gasteiger charge is -2.13. The van der Waals surface area contributed by atoms with Gasteiger partial charge in [0.15, 0.2) is 16.7 Å². The predicted octanol–water partition coefficient (Wildman–Crippen LogP) is 3.00. The van der Waals surface area contributed by atoms with Crippen molar-refractivity contribution in [3.05, 3.63) is 57.8 Å². The van der Waals surface area contributed by atoms with Crippen LogP contribution >= 0.6 is 23.1 Å². The van der Waals surface area contributed by atoms with E-state index in [2.05, 4.69) is 20.3 Å². The molecule has 0 bridgehead atoms. The summed E-state index contributed by atoms with van der Waals surface area (Å²) in [7, 11) is 0. The van der Waals surface area contributed by atoms with E-state index in [-0.39, 0.29) is 16.7 Å². The summed E-state index contributed by atoms with van der Waals surface area (Å²) in [5.41, 5.74) is 1.92. The number of thioether (sulfide) groups is 1. The van der Waals surface area contributed by atoms with Crippen LogP contribution in [0.4, 0.5) is 0 Å². The molecule has 2 heterocycles. The summed E-state index contributed by atoms with van der Waals surface area (Å²) in [6, 6.07) is 11.3. The first kappa shape index (κ1) is 19.8. The topological polar surface area (TPSA) is 100 Å². The van der Waals surface area contributed by atoms with Gasteiger partial charge in [0.2, 0.25) is 5.91 Å². The number of amides is 3. The molecule has 0 unspecified atom stereocenters. The highest BCUT2D eigenvalue weighted by Gasteiger charge is 2.26. The first-order chi connectivity index (χ1) is 13.4. The molecule has 1 aromatic carbocycles. The van der Waals surface area contributed by atoms with Crippen LogP contribution in [0.25, 0.3) is 0 Å². The molecule has 0 fully saturated rings. The number of carbonyl (C=O) groups is 3. The van der Waals surface area contributed by atoms with Crippen molar-refractivity contribution in [2.75, 3.05) is 0 Å². The number of amidine groups is 2. The summed E-state index contributed by atoms with van der Waals surface area (Å²) in [5.74, 6) is -1.22. The van der Waals surface area contributed by atoms with Crippen LogP contribution in [-0.2, 0) is 15.3 Å². The molecule has 9 heteroatoms. The molecule has 0 spiro atoms. The molecule has 1 N–H and O–H groups in total. The number of aliphatic imine (C=N–C) groups is 3. The molecule has 2 aromatic rings. The number of nitrogens with one attached hydrogen (secondary N) is 1. The van der Waals surface area contributed by atoms with Gasteiger partial charge in [-0.3, -0.25) is 14.4 Å². The van der Waals surface area contributed by atoms with E-state index in [1.165, 1.54) is 30.0 Å². The first-order valence-electron chi connectivity index (χ1n) is 8.27. The Hall–Kier alpha value is -2.91. The highest BCUT2D eigenvalue weighted by molar-refractivity contribution is 8.13. The Labute approximate surface area is 169 Å². The highest BCUT2D eigenvalue weighted by atomic mass is 32.2. The Morgan fingerprint density at radius 3 is 2.71 bits per heavy atom. The van der Waals surface area contributed by atoms with Gasteiger partial charge in [0.25, 0.3) is 5.91 Å². The third kappa shape index (κ3) is 5.08. The van der Waals surface area contributed by atoms with Crippen molar-refractivity contribution in [2.24, 2.45) is 15.0 Å². The number of aryl methyl sites for hydroxylation is 1. The molecule has 1 aromatic heterocycles. The van der Waals surface area contributed by atoms with E-state index < -0.39 is 17.7 Å². The van der Waals surface area contributed by atoms with Crippen molar-refractivity contribution >= 4 is 57.5 Å². The minimum atomic E-state index is -0.713. The maximum atomic E-state index is 12.5. The van der Waals surface area contributed by atoms with Crippen LogP contribution in [0.5, 0.6) is 0 Å². The van der Waals surface area contributed by atoms with Crippen molar-refractivity contribution in [1.29, 1.82) is 0 Å². The number of rotatable bonds is 3. The monoisotopic (exact) mass is 412 g/mol. The average Bonchev–Trinajstić information content (AvgIpc) is 3.17.